The standard InChI is InChI=1S/C26H29ClN4O2/c1-18-23(19(2)31(29-18)22-12-10-21(27)11-13-22)17-25(32)28-24(16-20-8-4-3-5-9-20)26(33)30-14-6-7-15-30/h3-5,8-13,24H,6-7,14-17H2,1-2H3,(H,28,32). The molecule has 0 spiro atoms. The Labute approximate surface area is 199 Å². The van der Waals surface area contributed by atoms with Crippen molar-refractivity contribution in [2.75, 3.05) is 13.1 Å². The number of hydrogen-bond acceptors (Lipinski definition) is 3. The fourth-order valence-corrected chi connectivity index (χ4v) is 4.50. The van der Waals surface area contributed by atoms with Crippen LogP contribution < -0.4 is 5.32 Å². The van der Waals surface area contributed by atoms with E-state index >= 15 is 0 Å². The molecule has 0 bridgehead atoms. The van der Waals surface area contributed by atoms with Crippen LogP contribution in [0.5, 0.6) is 0 Å². The maximum atomic E-state index is 13.2. The summed E-state index contributed by atoms with van der Waals surface area (Å²) in [5.74, 6) is -0.180. The van der Waals surface area contributed by atoms with Gasteiger partial charge < -0.3 is 10.2 Å². The molecule has 1 unspecified atom stereocenters. The van der Waals surface area contributed by atoms with Crippen molar-refractivity contribution in [3.63, 3.8) is 0 Å². The predicted octanol–water partition coefficient (Wildman–Crippen LogP) is 4.03. The van der Waals surface area contributed by atoms with Gasteiger partial charge in [-0.2, -0.15) is 5.10 Å². The van der Waals surface area contributed by atoms with Crippen LogP contribution in [-0.2, 0) is 22.4 Å². The summed E-state index contributed by atoms with van der Waals surface area (Å²) in [6.07, 6.45) is 2.67. The van der Waals surface area contributed by atoms with Crippen LogP contribution in [0, 0.1) is 13.8 Å². The molecule has 1 N–H and O–H groups in total. The lowest BCUT2D eigenvalue weighted by Crippen LogP contribution is -2.49. The molecular weight excluding hydrogens is 436 g/mol. The number of nitrogens with zero attached hydrogens (tertiary/aromatic N) is 3. The number of aromatic nitrogens is 2. The first-order valence-corrected chi connectivity index (χ1v) is 11.7. The molecule has 172 valence electrons. The second-order valence-electron chi connectivity index (χ2n) is 8.56. The zero-order valence-corrected chi connectivity index (χ0v) is 19.8. The molecule has 7 heteroatoms. The predicted molar refractivity (Wildman–Crippen MR) is 130 cm³/mol. The molecule has 0 saturated carbocycles. The van der Waals surface area contributed by atoms with E-state index in [1.165, 1.54) is 0 Å². The highest BCUT2D eigenvalue weighted by atomic mass is 35.5. The number of hydrogen-bond donors (Lipinski definition) is 1. The number of aryl methyl sites for hydroxylation is 1. The summed E-state index contributed by atoms with van der Waals surface area (Å²) in [7, 11) is 0. The van der Waals surface area contributed by atoms with Crippen LogP contribution in [0.1, 0.15) is 35.4 Å². The Balaban J connectivity index is 1.51. The monoisotopic (exact) mass is 464 g/mol. The molecule has 6 nitrogen and oxygen atoms in total. The van der Waals surface area contributed by atoms with E-state index in [9.17, 15) is 9.59 Å². The Morgan fingerprint density at radius 3 is 2.36 bits per heavy atom. The number of nitrogens with one attached hydrogen (secondary N) is 1. The molecule has 1 aromatic heterocycles. The van der Waals surface area contributed by atoms with Crippen molar-refractivity contribution in [2.24, 2.45) is 0 Å². The van der Waals surface area contributed by atoms with Crippen molar-refractivity contribution in [1.29, 1.82) is 0 Å². The molecule has 0 radical (unpaired) electrons. The molecule has 4 rings (SSSR count). The van der Waals surface area contributed by atoms with Gasteiger partial charge in [-0.25, -0.2) is 4.68 Å². The molecule has 1 aliphatic heterocycles. The SMILES string of the molecule is Cc1nn(-c2ccc(Cl)cc2)c(C)c1CC(=O)NC(Cc1ccccc1)C(=O)N1CCCC1. The van der Waals surface area contributed by atoms with Gasteiger partial charge in [0.1, 0.15) is 6.04 Å². The zero-order chi connectivity index (χ0) is 23.4. The minimum absolute atomic E-state index is 0.00462. The maximum absolute atomic E-state index is 13.2. The van der Waals surface area contributed by atoms with Gasteiger partial charge in [0, 0.05) is 35.8 Å². The fraction of sp³-hybridized carbons (Fsp3) is 0.346. The Morgan fingerprint density at radius 1 is 1.03 bits per heavy atom. The first kappa shape index (κ1) is 23.1. The zero-order valence-electron chi connectivity index (χ0n) is 19.1. The van der Waals surface area contributed by atoms with E-state index in [1.807, 2.05) is 78.0 Å². The van der Waals surface area contributed by atoms with Crippen LogP contribution in [0.2, 0.25) is 5.02 Å². The average Bonchev–Trinajstić information content (AvgIpc) is 3.44. The molecule has 1 fully saturated rings. The van der Waals surface area contributed by atoms with Crippen molar-refractivity contribution in [1.82, 2.24) is 20.0 Å². The molecule has 0 aliphatic carbocycles. The lowest BCUT2D eigenvalue weighted by atomic mass is 10.0. The number of rotatable bonds is 7. The van der Waals surface area contributed by atoms with E-state index < -0.39 is 6.04 Å². The number of benzene rings is 2. The molecule has 2 heterocycles. The van der Waals surface area contributed by atoms with Gasteiger partial charge >= 0.3 is 0 Å². The van der Waals surface area contributed by atoms with E-state index in [1.54, 1.807) is 0 Å². The highest BCUT2D eigenvalue weighted by Gasteiger charge is 2.28. The Kier molecular flexibility index (Phi) is 7.14. The number of likely N-dealkylation sites (tertiary alicyclic amines) is 1. The van der Waals surface area contributed by atoms with Crippen LogP contribution in [0.3, 0.4) is 0 Å². The maximum Gasteiger partial charge on any atom is 0.245 e. The third-order valence-corrected chi connectivity index (χ3v) is 6.44. The molecule has 1 aliphatic rings. The second-order valence-corrected chi connectivity index (χ2v) is 8.99. The Bertz CT molecular complexity index is 1120. The molecule has 33 heavy (non-hydrogen) atoms. The van der Waals surface area contributed by atoms with Crippen LogP contribution >= 0.6 is 11.6 Å². The van der Waals surface area contributed by atoms with E-state index in [4.69, 9.17) is 11.6 Å². The normalized spacial score (nSPS) is 14.3. The van der Waals surface area contributed by atoms with E-state index in [0.717, 1.165) is 54.1 Å². The number of amides is 2. The molecule has 1 atom stereocenters. The van der Waals surface area contributed by atoms with Gasteiger partial charge in [-0.3, -0.25) is 9.59 Å². The van der Waals surface area contributed by atoms with Crippen molar-refractivity contribution in [3.05, 3.63) is 82.1 Å². The topological polar surface area (TPSA) is 67.2 Å². The van der Waals surface area contributed by atoms with Gasteiger partial charge in [0.25, 0.3) is 0 Å². The second kappa shape index (κ2) is 10.2. The van der Waals surface area contributed by atoms with E-state index in [0.29, 0.717) is 11.4 Å². The summed E-state index contributed by atoms with van der Waals surface area (Å²) in [6.45, 7) is 5.37. The summed E-state index contributed by atoms with van der Waals surface area (Å²) < 4.78 is 1.82. The number of carbonyl (C=O) groups excluding carboxylic acids is 2. The Hall–Kier alpha value is -3.12. The average molecular weight is 465 g/mol. The van der Waals surface area contributed by atoms with Gasteiger partial charge in [-0.05, 0) is 56.5 Å². The first-order valence-electron chi connectivity index (χ1n) is 11.4. The minimum atomic E-state index is -0.579. The lowest BCUT2D eigenvalue weighted by Gasteiger charge is -2.24. The summed E-state index contributed by atoms with van der Waals surface area (Å²) in [5.41, 5.74) is 4.48. The van der Waals surface area contributed by atoms with Crippen LogP contribution in [0.25, 0.3) is 5.69 Å². The van der Waals surface area contributed by atoms with Crippen molar-refractivity contribution in [2.45, 2.75) is 45.6 Å². The van der Waals surface area contributed by atoms with Gasteiger partial charge in [-0.15, -0.1) is 0 Å². The summed E-state index contributed by atoms with van der Waals surface area (Å²) in [5, 5.41) is 8.30. The van der Waals surface area contributed by atoms with Gasteiger partial charge in [0.15, 0.2) is 0 Å². The quantitative estimate of drug-likeness (QED) is 0.574. The molecule has 2 amide bonds. The highest BCUT2D eigenvalue weighted by Crippen LogP contribution is 2.20. The van der Waals surface area contributed by atoms with E-state index in [-0.39, 0.29) is 18.2 Å². The number of carbonyl (C=O) groups is 2. The molecular formula is C26H29ClN4O2. The summed E-state index contributed by atoms with van der Waals surface area (Å²) >= 11 is 6.01. The largest absolute Gasteiger partial charge is 0.344 e. The lowest BCUT2D eigenvalue weighted by molar-refractivity contribution is -0.135. The molecule has 3 aromatic rings. The van der Waals surface area contributed by atoms with Crippen molar-refractivity contribution in [3.8, 4) is 5.69 Å². The third-order valence-electron chi connectivity index (χ3n) is 6.18. The van der Waals surface area contributed by atoms with Crippen LogP contribution in [0.15, 0.2) is 54.6 Å². The van der Waals surface area contributed by atoms with Gasteiger partial charge in [-0.1, -0.05) is 41.9 Å². The highest BCUT2D eigenvalue weighted by molar-refractivity contribution is 6.30. The smallest absolute Gasteiger partial charge is 0.245 e. The van der Waals surface area contributed by atoms with Gasteiger partial charge in [0.2, 0.25) is 11.8 Å². The molecule has 1 saturated heterocycles. The van der Waals surface area contributed by atoms with E-state index in [2.05, 4.69) is 10.4 Å². The van der Waals surface area contributed by atoms with Crippen LogP contribution in [0.4, 0.5) is 0 Å². The minimum Gasteiger partial charge on any atom is -0.344 e. The fourth-order valence-electron chi connectivity index (χ4n) is 4.38. The summed E-state index contributed by atoms with van der Waals surface area (Å²) in [4.78, 5) is 28.1. The summed E-state index contributed by atoms with van der Waals surface area (Å²) in [6, 6.07) is 16.7. The Morgan fingerprint density at radius 2 is 1.70 bits per heavy atom. The third kappa shape index (κ3) is 5.45. The van der Waals surface area contributed by atoms with Crippen molar-refractivity contribution < 1.29 is 9.59 Å². The van der Waals surface area contributed by atoms with Crippen molar-refractivity contribution >= 4 is 23.4 Å². The van der Waals surface area contributed by atoms with Crippen LogP contribution in [-0.4, -0.2) is 45.6 Å². The first-order chi connectivity index (χ1) is 15.9. The van der Waals surface area contributed by atoms with Gasteiger partial charge in [0.05, 0.1) is 17.8 Å². The number of halogens is 1. The molecule has 2 aromatic carbocycles.